The molecule has 5 aliphatic rings. The van der Waals surface area contributed by atoms with Crippen LogP contribution in [0, 0.1) is 0 Å². The van der Waals surface area contributed by atoms with E-state index in [2.05, 4.69) is 86.7 Å². The van der Waals surface area contributed by atoms with Crippen molar-refractivity contribution in [3.8, 4) is 5.75 Å². The number of benzene rings is 4. The fourth-order valence-corrected chi connectivity index (χ4v) is 9.82. The van der Waals surface area contributed by atoms with Crippen LogP contribution in [-0.4, -0.2) is 90.2 Å². The molecule has 4 heterocycles. The van der Waals surface area contributed by atoms with Crippen LogP contribution in [0.1, 0.15) is 82.1 Å². The Morgan fingerprint density at radius 1 is 0.727 bits per heavy atom. The Morgan fingerprint density at radius 2 is 1.45 bits per heavy atom. The molecule has 9 nitrogen and oxygen atoms in total. The van der Waals surface area contributed by atoms with Crippen molar-refractivity contribution < 1.29 is 23.9 Å². The van der Waals surface area contributed by atoms with Crippen LogP contribution in [0.5, 0.6) is 5.75 Å². The summed E-state index contributed by atoms with van der Waals surface area (Å²) in [5, 5.41) is 12.6. The Morgan fingerprint density at radius 3 is 2.20 bits per heavy atom. The van der Waals surface area contributed by atoms with Crippen LogP contribution in [0.15, 0.2) is 91.0 Å². The fraction of sp³-hybridized carbons (Fsp3) is 0.400. The number of alkyl halides is 1. The number of rotatable bonds is 7. The SMILES string of the molecule is O=C1CCC(N2Cc3cc(N4CCN(CC5(F)CCN(c6ccc([C@@H]7c8ccc(O)cc8CC[C@@H]7c7ccccc7)cc6)CC5)CC4)ccc3C2=O)C(=O)N1. The topological polar surface area (TPSA) is 96.4 Å². The van der Waals surface area contributed by atoms with Gasteiger partial charge >= 0.3 is 0 Å². The van der Waals surface area contributed by atoms with Gasteiger partial charge in [0.2, 0.25) is 11.8 Å². The van der Waals surface area contributed by atoms with Gasteiger partial charge in [0, 0.05) is 94.5 Å². The molecule has 0 spiro atoms. The van der Waals surface area contributed by atoms with Gasteiger partial charge in [0.15, 0.2) is 0 Å². The lowest BCUT2D eigenvalue weighted by Crippen LogP contribution is -2.53. The van der Waals surface area contributed by atoms with E-state index < -0.39 is 17.6 Å². The average Bonchev–Trinajstić information content (AvgIpc) is 3.53. The molecule has 3 atom stereocenters. The minimum Gasteiger partial charge on any atom is -0.508 e. The molecule has 9 rings (SSSR count). The van der Waals surface area contributed by atoms with Crippen LogP contribution in [0.4, 0.5) is 15.8 Å². The molecule has 4 aliphatic heterocycles. The monoisotopic (exact) mass is 741 g/mol. The number of amides is 3. The van der Waals surface area contributed by atoms with E-state index in [1.165, 1.54) is 22.3 Å². The predicted molar refractivity (Wildman–Crippen MR) is 210 cm³/mol. The second-order valence-corrected chi connectivity index (χ2v) is 16.2. The summed E-state index contributed by atoms with van der Waals surface area (Å²) in [6.45, 7) is 5.23. The van der Waals surface area contributed by atoms with Gasteiger partial charge in [-0.25, -0.2) is 4.39 Å². The molecule has 0 bridgehead atoms. The lowest BCUT2D eigenvalue weighted by atomic mass is 9.69. The first-order valence-corrected chi connectivity index (χ1v) is 19.9. The lowest BCUT2D eigenvalue weighted by Gasteiger charge is -2.43. The molecule has 1 unspecified atom stereocenters. The van der Waals surface area contributed by atoms with E-state index in [0.717, 1.165) is 56.0 Å². The third kappa shape index (κ3) is 6.97. The molecule has 284 valence electrons. The number of anilines is 2. The van der Waals surface area contributed by atoms with E-state index in [9.17, 15) is 19.5 Å². The highest BCUT2D eigenvalue weighted by atomic mass is 19.1. The smallest absolute Gasteiger partial charge is 0.255 e. The summed E-state index contributed by atoms with van der Waals surface area (Å²) in [6, 6.07) is 30.8. The number of nitrogens with zero attached hydrogens (tertiary/aromatic N) is 4. The molecule has 0 radical (unpaired) electrons. The van der Waals surface area contributed by atoms with Crippen molar-refractivity contribution in [1.82, 2.24) is 15.1 Å². The minimum absolute atomic E-state index is 0.165. The number of hydrogen-bond acceptors (Lipinski definition) is 7. The zero-order chi connectivity index (χ0) is 37.7. The van der Waals surface area contributed by atoms with E-state index in [0.29, 0.717) is 62.7 Å². The molecule has 3 amide bonds. The molecule has 2 N–H and O–H groups in total. The summed E-state index contributed by atoms with van der Waals surface area (Å²) in [5.41, 5.74) is 7.57. The second-order valence-electron chi connectivity index (χ2n) is 16.2. The van der Waals surface area contributed by atoms with Crippen LogP contribution in [0.3, 0.4) is 0 Å². The van der Waals surface area contributed by atoms with Gasteiger partial charge in [-0.1, -0.05) is 48.5 Å². The molecular weight excluding hydrogens is 694 g/mol. The Kier molecular flexibility index (Phi) is 9.32. The van der Waals surface area contributed by atoms with Crippen LogP contribution in [0.2, 0.25) is 0 Å². The number of phenolic OH excluding ortho intramolecular Hbond substituents is 1. The van der Waals surface area contributed by atoms with E-state index in [4.69, 9.17) is 0 Å². The first kappa shape index (κ1) is 35.5. The lowest BCUT2D eigenvalue weighted by molar-refractivity contribution is -0.136. The van der Waals surface area contributed by atoms with Crippen LogP contribution in [0.25, 0.3) is 0 Å². The van der Waals surface area contributed by atoms with Crippen molar-refractivity contribution in [1.29, 1.82) is 0 Å². The maximum atomic E-state index is 16.4. The number of piperidine rings is 2. The highest BCUT2D eigenvalue weighted by molar-refractivity contribution is 6.05. The molecule has 55 heavy (non-hydrogen) atoms. The van der Waals surface area contributed by atoms with Gasteiger partial charge in [-0.3, -0.25) is 24.6 Å². The van der Waals surface area contributed by atoms with Crippen molar-refractivity contribution in [3.63, 3.8) is 0 Å². The number of halogens is 1. The number of carbonyl (C=O) groups is 3. The zero-order valence-corrected chi connectivity index (χ0v) is 31.1. The largest absolute Gasteiger partial charge is 0.508 e. The van der Waals surface area contributed by atoms with E-state index in [-0.39, 0.29) is 24.2 Å². The molecule has 4 aromatic rings. The van der Waals surface area contributed by atoms with Gasteiger partial charge in [-0.2, -0.15) is 0 Å². The molecule has 0 aromatic heterocycles. The standard InChI is InChI=1S/C45H48FN5O4/c46-45(29-48-22-24-50(25-23-48)35-11-14-39-33(26-35)28-51(44(39)55)40-16-17-41(53)47-43(40)54)18-20-49(21-19-45)34-9-6-31(7-10-34)42-37(30-4-2-1-3-5-30)13-8-32-27-36(52)12-15-38(32)42/h1-7,9-12,14-15,26-27,37,40,42,52H,8,13,16-25,28-29H2,(H,47,53,54)/t37-,40?,42+/m1/s1. The van der Waals surface area contributed by atoms with Crippen LogP contribution >= 0.6 is 0 Å². The Bertz CT molecular complexity index is 2090. The molecule has 3 saturated heterocycles. The second kappa shape index (κ2) is 14.5. The van der Waals surface area contributed by atoms with E-state index >= 15 is 4.39 Å². The summed E-state index contributed by atoms with van der Waals surface area (Å²) < 4.78 is 16.4. The van der Waals surface area contributed by atoms with Crippen molar-refractivity contribution in [3.05, 3.63) is 124 Å². The maximum Gasteiger partial charge on any atom is 0.255 e. The third-order valence-corrected chi connectivity index (χ3v) is 12.8. The van der Waals surface area contributed by atoms with Gasteiger partial charge < -0.3 is 19.8 Å². The summed E-state index contributed by atoms with van der Waals surface area (Å²) in [7, 11) is 0. The highest BCUT2D eigenvalue weighted by Crippen LogP contribution is 2.47. The normalized spacial score (nSPS) is 24.1. The molecule has 3 fully saturated rings. The van der Waals surface area contributed by atoms with Gasteiger partial charge in [0.25, 0.3) is 5.91 Å². The van der Waals surface area contributed by atoms with Crippen molar-refractivity contribution in [2.45, 2.75) is 68.6 Å². The minimum atomic E-state index is -1.23. The quantitative estimate of drug-likeness (QED) is 0.220. The summed E-state index contributed by atoms with van der Waals surface area (Å²) >= 11 is 0. The number of phenols is 1. The number of aryl methyl sites for hydroxylation is 1. The van der Waals surface area contributed by atoms with Crippen LogP contribution < -0.4 is 15.1 Å². The van der Waals surface area contributed by atoms with Gasteiger partial charge in [-0.05, 0) is 95.5 Å². The Labute approximate surface area is 321 Å². The third-order valence-electron chi connectivity index (χ3n) is 12.8. The number of aromatic hydroxyl groups is 1. The number of hydrogen-bond donors (Lipinski definition) is 2. The van der Waals surface area contributed by atoms with Gasteiger partial charge in [0.1, 0.15) is 17.5 Å². The van der Waals surface area contributed by atoms with Gasteiger partial charge in [-0.15, -0.1) is 0 Å². The first-order valence-electron chi connectivity index (χ1n) is 19.9. The zero-order valence-electron chi connectivity index (χ0n) is 31.1. The fourth-order valence-electron chi connectivity index (χ4n) is 9.82. The maximum absolute atomic E-state index is 16.4. The average molecular weight is 742 g/mol. The molecule has 10 heteroatoms. The predicted octanol–water partition coefficient (Wildman–Crippen LogP) is 6.15. The molecule has 0 saturated carbocycles. The first-order chi connectivity index (χ1) is 26.7. The van der Waals surface area contributed by atoms with E-state index in [1.54, 1.807) is 4.90 Å². The van der Waals surface area contributed by atoms with Gasteiger partial charge in [0.05, 0.1) is 0 Å². The summed E-state index contributed by atoms with van der Waals surface area (Å²) in [4.78, 5) is 45.7. The number of imide groups is 1. The number of carbonyl (C=O) groups excluding carboxylic acids is 3. The van der Waals surface area contributed by atoms with Crippen molar-refractivity contribution in [2.24, 2.45) is 0 Å². The Hall–Kier alpha value is -5.22. The highest BCUT2D eigenvalue weighted by Gasteiger charge is 2.40. The molecule has 1 aliphatic carbocycles. The Balaban J connectivity index is 0.796. The summed E-state index contributed by atoms with van der Waals surface area (Å²) in [5.74, 6) is 0.0116. The molecular formula is C45H48FN5O4. The summed E-state index contributed by atoms with van der Waals surface area (Å²) in [6.07, 6.45) is 3.54. The van der Waals surface area contributed by atoms with Crippen molar-refractivity contribution in [2.75, 3.05) is 55.6 Å². The van der Waals surface area contributed by atoms with E-state index in [1.807, 2.05) is 24.3 Å². The number of fused-ring (bicyclic) bond motifs is 2. The van der Waals surface area contributed by atoms with Crippen LogP contribution in [-0.2, 0) is 22.6 Å². The molecule has 4 aromatic carbocycles. The number of piperazine rings is 1. The van der Waals surface area contributed by atoms with Crippen molar-refractivity contribution >= 4 is 29.1 Å². The number of nitrogens with one attached hydrogen (secondary N) is 1.